The van der Waals surface area contributed by atoms with Gasteiger partial charge in [-0.3, -0.25) is 9.59 Å². The molecule has 0 radical (unpaired) electrons. The number of fused-ring (bicyclic) bond motifs is 2. The summed E-state index contributed by atoms with van der Waals surface area (Å²) in [6, 6.07) is 11.7. The number of hydrogen-bond acceptors (Lipinski definition) is 5. The van der Waals surface area contributed by atoms with E-state index >= 15 is 0 Å². The van der Waals surface area contributed by atoms with Gasteiger partial charge in [-0.1, -0.05) is 24.6 Å². The van der Waals surface area contributed by atoms with Gasteiger partial charge in [-0.2, -0.15) is 0 Å². The van der Waals surface area contributed by atoms with Crippen molar-refractivity contribution >= 4 is 23.4 Å². The SMILES string of the molecule is COC(=O)C12CCCC1CN(c1ncccc1C(=O)N1CCc3ccccc31)C2. The van der Waals surface area contributed by atoms with Crippen molar-refractivity contribution in [1.82, 2.24) is 4.98 Å². The number of amides is 1. The van der Waals surface area contributed by atoms with Gasteiger partial charge >= 0.3 is 5.97 Å². The zero-order valence-electron chi connectivity index (χ0n) is 16.6. The molecule has 0 N–H and O–H groups in total. The molecule has 1 amide bonds. The van der Waals surface area contributed by atoms with E-state index in [0.717, 1.165) is 37.9 Å². The number of aromatic nitrogens is 1. The normalized spacial score (nSPS) is 25.1. The van der Waals surface area contributed by atoms with Crippen LogP contribution in [0, 0.1) is 11.3 Å². The fraction of sp³-hybridized carbons (Fsp3) is 0.435. The molecule has 1 aromatic carbocycles. The van der Waals surface area contributed by atoms with E-state index < -0.39 is 5.41 Å². The van der Waals surface area contributed by atoms with Crippen LogP contribution in [0.3, 0.4) is 0 Å². The van der Waals surface area contributed by atoms with Crippen LogP contribution in [0.15, 0.2) is 42.6 Å². The van der Waals surface area contributed by atoms with Crippen molar-refractivity contribution < 1.29 is 14.3 Å². The van der Waals surface area contributed by atoms with Crippen molar-refractivity contribution in [2.75, 3.05) is 36.5 Å². The summed E-state index contributed by atoms with van der Waals surface area (Å²) in [7, 11) is 1.47. The smallest absolute Gasteiger partial charge is 0.313 e. The number of carbonyl (C=O) groups is 2. The van der Waals surface area contributed by atoms with Crippen molar-refractivity contribution in [2.45, 2.75) is 25.7 Å². The molecule has 6 nitrogen and oxygen atoms in total. The maximum atomic E-state index is 13.5. The monoisotopic (exact) mass is 391 g/mol. The first-order chi connectivity index (χ1) is 14.1. The molecule has 0 spiro atoms. The standard InChI is InChI=1S/C23H25N3O3/c1-29-22(28)23-11-4-7-17(23)14-25(15-23)20-18(8-5-12-24-20)21(27)26-13-10-16-6-2-3-9-19(16)26/h2-3,5-6,8-9,12,17H,4,7,10-11,13-15H2,1H3. The number of hydrogen-bond donors (Lipinski definition) is 0. The lowest BCUT2D eigenvalue weighted by atomic mass is 9.81. The summed E-state index contributed by atoms with van der Waals surface area (Å²) < 4.78 is 5.16. The molecule has 3 heterocycles. The highest BCUT2D eigenvalue weighted by Gasteiger charge is 2.56. The van der Waals surface area contributed by atoms with Crippen LogP contribution in [0.2, 0.25) is 0 Å². The molecule has 150 valence electrons. The summed E-state index contributed by atoms with van der Waals surface area (Å²) in [6.45, 7) is 1.99. The number of rotatable bonds is 3. The van der Waals surface area contributed by atoms with Gasteiger partial charge < -0.3 is 14.5 Å². The highest BCUT2D eigenvalue weighted by molar-refractivity contribution is 6.10. The van der Waals surface area contributed by atoms with Crippen molar-refractivity contribution in [3.63, 3.8) is 0 Å². The van der Waals surface area contributed by atoms with E-state index in [0.29, 0.717) is 24.5 Å². The Morgan fingerprint density at radius 3 is 2.93 bits per heavy atom. The lowest BCUT2D eigenvalue weighted by Gasteiger charge is -2.27. The van der Waals surface area contributed by atoms with E-state index in [1.165, 1.54) is 12.7 Å². The third-order valence-corrected chi connectivity index (χ3v) is 6.91. The quantitative estimate of drug-likeness (QED) is 0.753. The summed E-state index contributed by atoms with van der Waals surface area (Å²) in [5.41, 5.74) is 2.32. The van der Waals surface area contributed by atoms with Crippen LogP contribution in [0.5, 0.6) is 0 Å². The molecule has 29 heavy (non-hydrogen) atoms. The van der Waals surface area contributed by atoms with Crippen LogP contribution in [-0.2, 0) is 16.0 Å². The zero-order chi connectivity index (χ0) is 20.0. The van der Waals surface area contributed by atoms with Crippen LogP contribution in [0.4, 0.5) is 11.5 Å². The summed E-state index contributed by atoms with van der Waals surface area (Å²) >= 11 is 0. The minimum absolute atomic E-state index is 0.0257. The molecule has 3 aliphatic rings. The van der Waals surface area contributed by atoms with Gasteiger partial charge in [0, 0.05) is 31.5 Å². The highest BCUT2D eigenvalue weighted by Crippen LogP contribution is 2.50. The number of anilines is 2. The van der Waals surface area contributed by atoms with Crippen molar-refractivity contribution in [3.8, 4) is 0 Å². The van der Waals surface area contributed by atoms with E-state index in [1.54, 1.807) is 6.20 Å². The number of methoxy groups -OCH3 is 1. The molecule has 6 heteroatoms. The number of carbonyl (C=O) groups excluding carboxylic acids is 2. The number of benzene rings is 1. The zero-order valence-corrected chi connectivity index (χ0v) is 16.6. The third-order valence-electron chi connectivity index (χ3n) is 6.91. The van der Waals surface area contributed by atoms with Crippen LogP contribution in [0.1, 0.15) is 35.2 Å². The van der Waals surface area contributed by atoms with Crippen LogP contribution in [0.25, 0.3) is 0 Å². The Kier molecular flexibility index (Phi) is 4.30. The molecular weight excluding hydrogens is 366 g/mol. The fourth-order valence-electron chi connectivity index (χ4n) is 5.50. The van der Waals surface area contributed by atoms with Crippen LogP contribution in [-0.4, -0.2) is 43.6 Å². The average molecular weight is 391 g/mol. The molecule has 1 aromatic heterocycles. The maximum Gasteiger partial charge on any atom is 0.313 e. The second-order valence-electron chi connectivity index (χ2n) is 8.33. The molecular formula is C23H25N3O3. The minimum Gasteiger partial charge on any atom is -0.469 e. The minimum atomic E-state index is -0.465. The number of nitrogens with zero attached hydrogens (tertiary/aromatic N) is 3. The summed E-state index contributed by atoms with van der Waals surface area (Å²) in [4.78, 5) is 34.6. The van der Waals surface area contributed by atoms with Crippen molar-refractivity contribution in [2.24, 2.45) is 11.3 Å². The van der Waals surface area contributed by atoms with Gasteiger partial charge in [-0.15, -0.1) is 0 Å². The summed E-state index contributed by atoms with van der Waals surface area (Å²) in [6.07, 6.45) is 5.50. The predicted octanol–water partition coefficient (Wildman–Crippen LogP) is 3.06. The van der Waals surface area contributed by atoms with Crippen LogP contribution < -0.4 is 9.80 Å². The Bertz CT molecular complexity index is 975. The fourth-order valence-corrected chi connectivity index (χ4v) is 5.50. The van der Waals surface area contributed by atoms with Gasteiger partial charge in [0.05, 0.1) is 18.1 Å². The Hall–Kier alpha value is -2.89. The molecule has 0 bridgehead atoms. The largest absolute Gasteiger partial charge is 0.469 e. The van der Waals surface area contributed by atoms with E-state index in [-0.39, 0.29) is 17.8 Å². The topological polar surface area (TPSA) is 62.7 Å². The molecule has 5 rings (SSSR count). The highest BCUT2D eigenvalue weighted by atomic mass is 16.5. The molecule has 1 saturated carbocycles. The molecule has 2 unspecified atom stereocenters. The molecule has 2 fully saturated rings. The summed E-state index contributed by atoms with van der Waals surface area (Å²) in [5.74, 6) is 0.786. The Morgan fingerprint density at radius 1 is 1.21 bits per heavy atom. The summed E-state index contributed by atoms with van der Waals surface area (Å²) in [5, 5.41) is 0. The van der Waals surface area contributed by atoms with E-state index in [1.807, 2.05) is 35.2 Å². The second kappa shape index (κ2) is 6.87. The van der Waals surface area contributed by atoms with Gasteiger partial charge in [0.25, 0.3) is 5.91 Å². The Labute approximate surface area is 170 Å². The molecule has 2 atom stereocenters. The second-order valence-corrected chi connectivity index (χ2v) is 8.33. The van der Waals surface area contributed by atoms with Gasteiger partial charge in [0.15, 0.2) is 0 Å². The van der Waals surface area contributed by atoms with Crippen molar-refractivity contribution in [3.05, 3.63) is 53.7 Å². The lowest BCUT2D eigenvalue weighted by Crippen LogP contribution is -2.37. The molecule has 1 saturated heterocycles. The number of pyridine rings is 1. The Balaban J connectivity index is 1.47. The first-order valence-corrected chi connectivity index (χ1v) is 10.3. The number of para-hydroxylation sites is 1. The van der Waals surface area contributed by atoms with E-state index in [4.69, 9.17) is 4.74 Å². The molecule has 2 aromatic rings. The average Bonchev–Trinajstić information content (AvgIpc) is 3.45. The van der Waals surface area contributed by atoms with E-state index in [2.05, 4.69) is 16.0 Å². The van der Waals surface area contributed by atoms with Gasteiger partial charge in [0.1, 0.15) is 5.82 Å². The third kappa shape index (κ3) is 2.73. The van der Waals surface area contributed by atoms with Crippen LogP contribution >= 0.6 is 0 Å². The van der Waals surface area contributed by atoms with Gasteiger partial charge in [-0.05, 0) is 48.9 Å². The predicted molar refractivity (Wildman–Crippen MR) is 110 cm³/mol. The van der Waals surface area contributed by atoms with E-state index in [9.17, 15) is 9.59 Å². The molecule has 1 aliphatic carbocycles. The first kappa shape index (κ1) is 18.2. The van der Waals surface area contributed by atoms with Gasteiger partial charge in [0.2, 0.25) is 0 Å². The lowest BCUT2D eigenvalue weighted by molar-refractivity contribution is -0.152. The Morgan fingerprint density at radius 2 is 2.07 bits per heavy atom. The number of esters is 1. The number of ether oxygens (including phenoxy) is 1. The van der Waals surface area contributed by atoms with Gasteiger partial charge in [-0.25, -0.2) is 4.98 Å². The van der Waals surface area contributed by atoms with Crippen molar-refractivity contribution in [1.29, 1.82) is 0 Å². The first-order valence-electron chi connectivity index (χ1n) is 10.3. The maximum absolute atomic E-state index is 13.5. The molecule has 2 aliphatic heterocycles.